The third kappa shape index (κ3) is 3.41. The van der Waals surface area contributed by atoms with Gasteiger partial charge in [0.15, 0.2) is 0 Å². The second-order valence-electron chi connectivity index (χ2n) is 8.32. The van der Waals surface area contributed by atoms with Gasteiger partial charge in [-0.15, -0.1) is 0 Å². The molecule has 148 valence electrons. The maximum atomic E-state index is 12.9. The molecule has 0 radical (unpaired) electrons. The Morgan fingerprint density at radius 2 is 2.00 bits per heavy atom. The van der Waals surface area contributed by atoms with E-state index >= 15 is 0 Å². The summed E-state index contributed by atoms with van der Waals surface area (Å²) in [7, 11) is 0. The fourth-order valence-corrected chi connectivity index (χ4v) is 5.00. The van der Waals surface area contributed by atoms with Crippen LogP contribution in [0.1, 0.15) is 37.8 Å². The number of anilines is 1. The van der Waals surface area contributed by atoms with Crippen molar-refractivity contribution in [2.45, 2.75) is 51.1 Å². The third-order valence-electron chi connectivity index (χ3n) is 6.47. The summed E-state index contributed by atoms with van der Waals surface area (Å²) in [5, 5.41) is 3.13. The molecule has 2 fully saturated rings. The van der Waals surface area contributed by atoms with E-state index in [-0.39, 0.29) is 6.03 Å². The number of carbonyl (C=O) groups excluding carboxylic acids is 1. The highest BCUT2D eigenvalue weighted by Gasteiger charge is 2.30. The molecule has 3 aliphatic rings. The van der Waals surface area contributed by atoms with Gasteiger partial charge < -0.3 is 14.8 Å². The van der Waals surface area contributed by atoms with Crippen LogP contribution in [-0.4, -0.2) is 57.6 Å². The van der Waals surface area contributed by atoms with Crippen molar-refractivity contribution in [2.24, 2.45) is 0 Å². The fraction of sp³-hybridized carbons (Fsp3) is 0.545. The molecule has 1 atom stereocenters. The lowest BCUT2D eigenvalue weighted by atomic mass is 10.1. The number of aryl methyl sites for hydroxylation is 1. The highest BCUT2D eigenvalue weighted by Crippen LogP contribution is 2.27. The van der Waals surface area contributed by atoms with Gasteiger partial charge in [-0.2, -0.15) is 0 Å². The second kappa shape index (κ2) is 7.59. The highest BCUT2D eigenvalue weighted by atomic mass is 16.2. The molecule has 0 bridgehead atoms. The molecule has 1 N–H and O–H groups in total. The quantitative estimate of drug-likeness (QED) is 0.868. The van der Waals surface area contributed by atoms with E-state index in [1.807, 2.05) is 23.2 Å². The van der Waals surface area contributed by atoms with Crippen LogP contribution in [0.5, 0.6) is 0 Å². The van der Waals surface area contributed by atoms with Gasteiger partial charge in [0.2, 0.25) is 0 Å². The van der Waals surface area contributed by atoms with Gasteiger partial charge >= 0.3 is 6.03 Å². The number of amides is 2. The molecule has 6 nitrogen and oxygen atoms in total. The number of hydrogen-bond donors (Lipinski definition) is 1. The van der Waals surface area contributed by atoms with Crippen molar-refractivity contribution in [2.75, 3.05) is 31.5 Å². The number of aromatic nitrogens is 2. The molecule has 28 heavy (non-hydrogen) atoms. The summed E-state index contributed by atoms with van der Waals surface area (Å²) in [4.78, 5) is 22.1. The largest absolute Gasteiger partial charge is 0.328 e. The number of nitrogens with zero attached hydrogens (tertiary/aromatic N) is 4. The van der Waals surface area contributed by atoms with Crippen molar-refractivity contribution in [1.82, 2.24) is 19.4 Å². The fourth-order valence-electron chi connectivity index (χ4n) is 5.00. The van der Waals surface area contributed by atoms with Crippen molar-refractivity contribution in [3.05, 3.63) is 36.2 Å². The molecule has 0 spiro atoms. The van der Waals surface area contributed by atoms with Crippen LogP contribution in [0.25, 0.3) is 11.4 Å². The van der Waals surface area contributed by atoms with Gasteiger partial charge in [-0.3, -0.25) is 4.90 Å². The molecule has 1 aromatic carbocycles. The van der Waals surface area contributed by atoms with E-state index in [2.05, 4.69) is 31.9 Å². The first-order valence-corrected chi connectivity index (χ1v) is 10.7. The van der Waals surface area contributed by atoms with Gasteiger partial charge in [0.1, 0.15) is 5.82 Å². The van der Waals surface area contributed by atoms with Gasteiger partial charge in [-0.1, -0.05) is 12.1 Å². The van der Waals surface area contributed by atoms with E-state index in [0.29, 0.717) is 6.04 Å². The van der Waals surface area contributed by atoms with Crippen molar-refractivity contribution < 1.29 is 4.79 Å². The number of rotatable bonds is 2. The normalized spacial score (nSPS) is 22.4. The molecule has 1 aromatic heterocycles. The van der Waals surface area contributed by atoms with Gasteiger partial charge in [0.05, 0.1) is 0 Å². The minimum absolute atomic E-state index is 0.0241. The summed E-state index contributed by atoms with van der Waals surface area (Å²) in [6.07, 6.45) is 9.10. The van der Waals surface area contributed by atoms with Crippen LogP contribution in [0.15, 0.2) is 30.5 Å². The standard InChI is InChI=1S/C22H29N5O/c28-22(26-12-5-11-25-10-4-9-20(25)16-26)24-18-7-3-6-17(14-18)21-23-15-19-8-1-2-13-27(19)21/h3,6-7,14-15,20H,1-2,4-5,8-13,16H2,(H,24,28). The zero-order chi connectivity index (χ0) is 18.9. The first-order valence-electron chi connectivity index (χ1n) is 10.7. The van der Waals surface area contributed by atoms with E-state index in [0.717, 1.165) is 56.1 Å². The van der Waals surface area contributed by atoms with Crippen LogP contribution < -0.4 is 5.32 Å². The Morgan fingerprint density at radius 3 is 2.96 bits per heavy atom. The van der Waals surface area contributed by atoms with E-state index in [1.165, 1.54) is 37.9 Å². The Morgan fingerprint density at radius 1 is 1.07 bits per heavy atom. The Kier molecular flexibility index (Phi) is 4.81. The molecule has 2 aromatic rings. The Balaban J connectivity index is 1.31. The van der Waals surface area contributed by atoms with Gasteiger partial charge in [-0.05, 0) is 57.2 Å². The lowest BCUT2D eigenvalue weighted by Gasteiger charge is -2.26. The molecule has 4 heterocycles. The number of urea groups is 1. The van der Waals surface area contributed by atoms with Crippen molar-refractivity contribution in [3.8, 4) is 11.4 Å². The highest BCUT2D eigenvalue weighted by molar-refractivity contribution is 5.90. The molecule has 2 amide bonds. The zero-order valence-corrected chi connectivity index (χ0v) is 16.4. The molecule has 1 unspecified atom stereocenters. The molecule has 3 aliphatic heterocycles. The zero-order valence-electron chi connectivity index (χ0n) is 16.4. The predicted molar refractivity (Wildman–Crippen MR) is 110 cm³/mol. The number of fused-ring (bicyclic) bond motifs is 2. The molecule has 5 rings (SSSR count). The molecule has 2 saturated heterocycles. The lowest BCUT2D eigenvalue weighted by molar-refractivity contribution is 0.200. The van der Waals surface area contributed by atoms with E-state index in [1.54, 1.807) is 0 Å². The van der Waals surface area contributed by atoms with Crippen molar-refractivity contribution in [1.29, 1.82) is 0 Å². The van der Waals surface area contributed by atoms with Gasteiger partial charge in [-0.25, -0.2) is 9.78 Å². The van der Waals surface area contributed by atoms with Gasteiger partial charge in [0.25, 0.3) is 0 Å². The summed E-state index contributed by atoms with van der Waals surface area (Å²) in [6, 6.07) is 8.69. The Hall–Kier alpha value is -2.34. The molecule has 0 aliphatic carbocycles. The van der Waals surface area contributed by atoms with Crippen LogP contribution >= 0.6 is 0 Å². The van der Waals surface area contributed by atoms with Crippen molar-refractivity contribution in [3.63, 3.8) is 0 Å². The van der Waals surface area contributed by atoms with Crippen LogP contribution in [0.3, 0.4) is 0 Å². The number of benzene rings is 1. The monoisotopic (exact) mass is 379 g/mol. The Bertz CT molecular complexity index is 860. The molecule has 0 saturated carbocycles. The van der Waals surface area contributed by atoms with E-state index < -0.39 is 0 Å². The summed E-state index contributed by atoms with van der Waals surface area (Å²) in [5.74, 6) is 1.02. The average molecular weight is 380 g/mol. The van der Waals surface area contributed by atoms with E-state index in [4.69, 9.17) is 0 Å². The predicted octanol–water partition coefficient (Wildman–Crippen LogP) is 3.59. The minimum atomic E-state index is 0.0241. The maximum Gasteiger partial charge on any atom is 0.321 e. The SMILES string of the molecule is O=C(Nc1cccc(-c2ncc3n2CCCC3)c1)N1CCCN2CCCC2C1. The number of carbonyl (C=O) groups is 1. The summed E-state index contributed by atoms with van der Waals surface area (Å²) >= 11 is 0. The average Bonchev–Trinajstić information content (AvgIpc) is 3.29. The van der Waals surface area contributed by atoms with Crippen molar-refractivity contribution >= 4 is 11.7 Å². The Labute approximate surface area is 166 Å². The van der Waals surface area contributed by atoms with Crippen LogP contribution in [0.4, 0.5) is 10.5 Å². The van der Waals surface area contributed by atoms with Crippen LogP contribution in [0.2, 0.25) is 0 Å². The smallest absolute Gasteiger partial charge is 0.321 e. The first kappa shape index (κ1) is 17.7. The topological polar surface area (TPSA) is 53.4 Å². The third-order valence-corrected chi connectivity index (χ3v) is 6.47. The summed E-state index contributed by atoms with van der Waals surface area (Å²) in [6.45, 7) is 5.03. The molecular weight excluding hydrogens is 350 g/mol. The lowest BCUT2D eigenvalue weighted by Crippen LogP contribution is -2.41. The maximum absolute atomic E-state index is 12.9. The number of imidazole rings is 1. The first-order chi connectivity index (χ1) is 13.8. The summed E-state index contributed by atoms with van der Waals surface area (Å²) < 4.78 is 2.33. The number of nitrogens with one attached hydrogen (secondary N) is 1. The van der Waals surface area contributed by atoms with Crippen LogP contribution in [-0.2, 0) is 13.0 Å². The van der Waals surface area contributed by atoms with Gasteiger partial charge in [0, 0.05) is 55.4 Å². The number of hydrogen-bond acceptors (Lipinski definition) is 3. The van der Waals surface area contributed by atoms with Crippen LogP contribution in [0, 0.1) is 0 Å². The second-order valence-corrected chi connectivity index (χ2v) is 8.32. The molecule has 6 heteroatoms. The molecular formula is C22H29N5O. The minimum Gasteiger partial charge on any atom is -0.328 e. The summed E-state index contributed by atoms with van der Waals surface area (Å²) in [5.41, 5.74) is 3.24. The van der Waals surface area contributed by atoms with E-state index in [9.17, 15) is 4.79 Å².